The van der Waals surface area contributed by atoms with Crippen LogP contribution in [0, 0.1) is 0 Å². The van der Waals surface area contributed by atoms with Gasteiger partial charge < -0.3 is 5.11 Å². The van der Waals surface area contributed by atoms with Crippen molar-refractivity contribution >= 4 is 5.78 Å². The predicted octanol–water partition coefficient (Wildman–Crippen LogP) is 7.12. The first kappa shape index (κ1) is 23.5. The molecular weight excluding hydrogens is 392 g/mol. The van der Waals surface area contributed by atoms with Gasteiger partial charge in [0.15, 0.2) is 5.78 Å². The number of ketones is 1. The molecule has 32 heavy (non-hydrogen) atoms. The van der Waals surface area contributed by atoms with Crippen molar-refractivity contribution in [2.45, 2.75) is 58.3 Å². The minimum atomic E-state index is -0.402. The maximum Gasteiger partial charge on any atom is 0.158 e. The zero-order valence-corrected chi connectivity index (χ0v) is 19.9. The molecule has 0 spiro atoms. The first-order chi connectivity index (χ1) is 15.0. The topological polar surface area (TPSA) is 37.3 Å². The molecule has 0 atom stereocenters. The summed E-state index contributed by atoms with van der Waals surface area (Å²) in [6.07, 6.45) is 1.03. The van der Waals surface area contributed by atoms with Crippen molar-refractivity contribution in [1.29, 1.82) is 0 Å². The molecule has 2 heteroatoms. The van der Waals surface area contributed by atoms with Gasteiger partial charge in [0.2, 0.25) is 0 Å². The van der Waals surface area contributed by atoms with Crippen LogP contribution < -0.4 is 0 Å². The highest BCUT2D eigenvalue weighted by molar-refractivity contribution is 5.94. The highest BCUT2D eigenvalue weighted by Crippen LogP contribution is 2.45. The van der Waals surface area contributed by atoms with E-state index < -0.39 is 10.8 Å². The molecule has 0 aliphatic carbocycles. The molecule has 3 rings (SSSR count). The quantitative estimate of drug-likeness (QED) is 0.389. The van der Waals surface area contributed by atoms with Gasteiger partial charge in [0.05, 0.1) is 0 Å². The molecule has 3 aromatic carbocycles. The minimum absolute atomic E-state index is 0.0748. The zero-order valence-electron chi connectivity index (χ0n) is 19.9. The first-order valence-corrected chi connectivity index (χ1v) is 11.2. The number of benzene rings is 3. The number of carbonyl (C=O) groups is 1. The smallest absolute Gasteiger partial charge is 0.158 e. The van der Waals surface area contributed by atoms with Crippen LogP contribution in [0.2, 0.25) is 0 Å². The van der Waals surface area contributed by atoms with Gasteiger partial charge in [-0.3, -0.25) is 4.79 Å². The second-order valence-corrected chi connectivity index (χ2v) is 9.73. The third-order valence-electron chi connectivity index (χ3n) is 6.62. The number of carbonyl (C=O) groups excluding carboxylic acids is 1. The van der Waals surface area contributed by atoms with Gasteiger partial charge in [0.1, 0.15) is 5.75 Å². The number of allylic oxidation sites excluding steroid dienone is 1. The summed E-state index contributed by atoms with van der Waals surface area (Å²) in [7, 11) is 0. The van der Waals surface area contributed by atoms with E-state index in [1.165, 1.54) is 0 Å². The van der Waals surface area contributed by atoms with E-state index in [0.717, 1.165) is 27.8 Å². The van der Waals surface area contributed by atoms with E-state index in [2.05, 4.69) is 70.7 Å². The number of rotatable bonds is 8. The fourth-order valence-electron chi connectivity index (χ4n) is 4.28. The Labute approximate surface area is 192 Å². The molecule has 0 unspecified atom stereocenters. The zero-order chi connectivity index (χ0) is 23.5. The van der Waals surface area contributed by atoms with E-state index in [9.17, 15) is 9.90 Å². The van der Waals surface area contributed by atoms with Crippen LogP contribution in [0.25, 0.3) is 0 Å². The number of phenols is 1. The highest BCUT2D eigenvalue weighted by Gasteiger charge is 2.33. The lowest BCUT2D eigenvalue weighted by Crippen LogP contribution is -2.24. The Bertz CT molecular complexity index is 1030. The maximum absolute atomic E-state index is 12.2. The molecule has 0 saturated heterocycles. The average Bonchev–Trinajstić information content (AvgIpc) is 2.78. The van der Waals surface area contributed by atoms with Crippen LogP contribution in [0.1, 0.15) is 68.9 Å². The molecule has 3 aromatic rings. The Hall–Kier alpha value is -3.13. The Kier molecular flexibility index (Phi) is 6.74. The summed E-state index contributed by atoms with van der Waals surface area (Å²) in [5, 5.41) is 11.6. The molecule has 0 saturated carbocycles. The van der Waals surface area contributed by atoms with E-state index in [-0.39, 0.29) is 5.78 Å². The Morgan fingerprint density at radius 2 is 1.22 bits per heavy atom. The minimum Gasteiger partial charge on any atom is -0.507 e. The second-order valence-electron chi connectivity index (χ2n) is 9.73. The number of hydrogen-bond donors (Lipinski definition) is 1. The van der Waals surface area contributed by atoms with Gasteiger partial charge in [0.25, 0.3) is 0 Å². The molecule has 0 radical (unpaired) electrons. The summed E-state index contributed by atoms with van der Waals surface area (Å²) >= 11 is 0. The monoisotopic (exact) mass is 426 g/mol. The summed E-state index contributed by atoms with van der Waals surface area (Å²) in [5.74, 6) is 0.397. The molecule has 0 bridgehead atoms. The molecule has 2 nitrogen and oxygen atoms in total. The summed E-state index contributed by atoms with van der Waals surface area (Å²) in [6.45, 7) is 14.1. The van der Waals surface area contributed by atoms with E-state index in [4.69, 9.17) is 0 Å². The van der Waals surface area contributed by atoms with Crippen LogP contribution in [-0.2, 0) is 22.0 Å². The van der Waals surface area contributed by atoms with Gasteiger partial charge in [0, 0.05) is 28.4 Å². The lowest BCUT2D eigenvalue weighted by atomic mass is 9.71. The Balaban J connectivity index is 2.18. The van der Waals surface area contributed by atoms with Crippen LogP contribution in [-0.4, -0.2) is 10.9 Å². The van der Waals surface area contributed by atoms with Gasteiger partial charge in [-0.25, -0.2) is 0 Å². The largest absolute Gasteiger partial charge is 0.507 e. The van der Waals surface area contributed by atoms with Crippen molar-refractivity contribution in [3.05, 3.63) is 113 Å². The van der Waals surface area contributed by atoms with Gasteiger partial charge in [-0.15, -0.1) is 0 Å². The maximum atomic E-state index is 12.2. The lowest BCUT2D eigenvalue weighted by molar-refractivity contribution is -0.115. The summed E-state index contributed by atoms with van der Waals surface area (Å²) < 4.78 is 0. The van der Waals surface area contributed by atoms with Gasteiger partial charge >= 0.3 is 0 Å². The van der Waals surface area contributed by atoms with Crippen LogP contribution in [0.15, 0.2) is 84.9 Å². The number of Topliss-reactive ketones (excluding diaryl/α,β-unsaturated/α-hetero) is 1. The molecule has 0 aromatic heterocycles. The number of aromatic hydroxyl groups is 1. The van der Waals surface area contributed by atoms with E-state index in [1.807, 2.05) is 36.4 Å². The summed E-state index contributed by atoms with van der Waals surface area (Å²) in [4.78, 5) is 12.2. The van der Waals surface area contributed by atoms with E-state index in [1.54, 1.807) is 6.92 Å². The lowest BCUT2D eigenvalue weighted by Gasteiger charge is -2.33. The standard InChI is InChI=1S/C30H34O2/c1-21(2)27(31)18-17-22-19-25(29(3,4)23-13-9-7-10-14-23)28(32)26(20-22)30(5,6)24-15-11-8-12-16-24/h7-16,19-20,32H,1,17-18H2,2-6H3. The predicted molar refractivity (Wildman–Crippen MR) is 133 cm³/mol. The Morgan fingerprint density at radius 3 is 1.59 bits per heavy atom. The summed E-state index contributed by atoms with van der Waals surface area (Å²) in [5.41, 5.74) is 4.85. The molecule has 1 N–H and O–H groups in total. The highest BCUT2D eigenvalue weighted by atomic mass is 16.3. The number of phenolic OH excluding ortho intramolecular Hbond substituents is 1. The van der Waals surface area contributed by atoms with Crippen molar-refractivity contribution in [3.63, 3.8) is 0 Å². The van der Waals surface area contributed by atoms with E-state index in [0.29, 0.717) is 24.2 Å². The van der Waals surface area contributed by atoms with E-state index >= 15 is 0 Å². The van der Waals surface area contributed by atoms with Crippen molar-refractivity contribution in [2.24, 2.45) is 0 Å². The molecule has 0 heterocycles. The summed E-state index contributed by atoms with van der Waals surface area (Å²) in [6, 6.07) is 24.6. The second kappa shape index (κ2) is 9.16. The van der Waals surface area contributed by atoms with Gasteiger partial charge in [-0.2, -0.15) is 0 Å². The molecule has 0 fully saturated rings. The fourth-order valence-corrected chi connectivity index (χ4v) is 4.28. The third kappa shape index (κ3) is 4.70. The first-order valence-electron chi connectivity index (χ1n) is 11.2. The van der Waals surface area contributed by atoms with Gasteiger partial charge in [-0.05, 0) is 35.6 Å². The van der Waals surface area contributed by atoms with Crippen LogP contribution in [0.4, 0.5) is 0 Å². The van der Waals surface area contributed by atoms with Gasteiger partial charge in [-0.1, -0.05) is 107 Å². The molecule has 0 amide bonds. The van der Waals surface area contributed by atoms with Crippen LogP contribution >= 0.6 is 0 Å². The molecule has 0 aliphatic rings. The van der Waals surface area contributed by atoms with Crippen LogP contribution in [0.3, 0.4) is 0 Å². The average molecular weight is 427 g/mol. The Morgan fingerprint density at radius 1 is 0.812 bits per heavy atom. The molecule has 0 aliphatic heterocycles. The van der Waals surface area contributed by atoms with Crippen molar-refractivity contribution < 1.29 is 9.90 Å². The number of aryl methyl sites for hydroxylation is 1. The molecular formula is C30H34O2. The van der Waals surface area contributed by atoms with Crippen LogP contribution in [0.5, 0.6) is 5.75 Å². The molecule has 166 valence electrons. The van der Waals surface area contributed by atoms with Crippen molar-refractivity contribution in [1.82, 2.24) is 0 Å². The fraction of sp³-hybridized carbons (Fsp3) is 0.300. The normalized spacial score (nSPS) is 11.9. The van der Waals surface area contributed by atoms with Crippen molar-refractivity contribution in [3.8, 4) is 5.75 Å². The van der Waals surface area contributed by atoms with Crippen molar-refractivity contribution in [2.75, 3.05) is 0 Å². The number of hydrogen-bond acceptors (Lipinski definition) is 2. The SMILES string of the molecule is C=C(C)C(=O)CCc1cc(C(C)(C)c2ccccc2)c(O)c(C(C)(C)c2ccccc2)c1. The third-order valence-corrected chi connectivity index (χ3v) is 6.62.